The summed E-state index contributed by atoms with van der Waals surface area (Å²) in [6.07, 6.45) is 7.14. The minimum atomic E-state index is 0.0335. The molecule has 4 rings (SSSR count). The Bertz CT molecular complexity index is 942. The highest BCUT2D eigenvalue weighted by Gasteiger charge is 2.25. The van der Waals surface area contributed by atoms with E-state index in [9.17, 15) is 4.79 Å². The lowest BCUT2D eigenvalue weighted by Gasteiger charge is -2.21. The molecular formula is C22H22N4O. The summed E-state index contributed by atoms with van der Waals surface area (Å²) in [6, 6.07) is 15.8. The average Bonchev–Trinajstić information content (AvgIpc) is 3.16. The Morgan fingerprint density at radius 3 is 2.78 bits per heavy atom. The number of likely N-dealkylation sites (N-methyl/N-ethyl adjacent to an activating group) is 1. The van der Waals surface area contributed by atoms with Crippen LogP contribution in [0.15, 0.2) is 67.1 Å². The van der Waals surface area contributed by atoms with E-state index in [1.165, 1.54) is 11.1 Å². The Morgan fingerprint density at radius 2 is 1.93 bits per heavy atom. The number of carbonyl (C=O) groups excluding carboxylic acids is 1. The highest BCUT2D eigenvalue weighted by molar-refractivity contribution is 6.07. The third kappa shape index (κ3) is 3.67. The lowest BCUT2D eigenvalue weighted by atomic mass is 10.1. The van der Waals surface area contributed by atoms with Crippen LogP contribution < -0.4 is 9.80 Å². The van der Waals surface area contributed by atoms with Crippen molar-refractivity contribution in [3.63, 3.8) is 0 Å². The lowest BCUT2D eigenvalue weighted by molar-refractivity contribution is 0.0989. The van der Waals surface area contributed by atoms with Gasteiger partial charge in [0, 0.05) is 50.0 Å². The first-order chi connectivity index (χ1) is 13.2. The molecule has 0 N–H and O–H groups in total. The highest BCUT2D eigenvalue weighted by Crippen LogP contribution is 2.29. The molecular weight excluding hydrogens is 336 g/mol. The van der Waals surface area contributed by atoms with Crippen molar-refractivity contribution in [2.45, 2.75) is 12.8 Å². The molecule has 3 heterocycles. The normalized spacial score (nSPS) is 12.7. The van der Waals surface area contributed by atoms with Crippen molar-refractivity contribution in [3.05, 3.63) is 83.8 Å². The van der Waals surface area contributed by atoms with Crippen LogP contribution in [0, 0.1) is 0 Å². The van der Waals surface area contributed by atoms with Gasteiger partial charge in [0.1, 0.15) is 5.82 Å². The number of anilines is 2. The van der Waals surface area contributed by atoms with Crippen LogP contribution >= 0.6 is 0 Å². The number of amides is 1. The molecule has 1 aromatic carbocycles. The Morgan fingerprint density at radius 1 is 1.11 bits per heavy atom. The van der Waals surface area contributed by atoms with E-state index in [4.69, 9.17) is 0 Å². The van der Waals surface area contributed by atoms with Crippen molar-refractivity contribution >= 4 is 17.4 Å². The van der Waals surface area contributed by atoms with E-state index < -0.39 is 0 Å². The molecule has 136 valence electrons. The van der Waals surface area contributed by atoms with E-state index >= 15 is 0 Å². The molecule has 0 aliphatic carbocycles. The molecule has 0 saturated heterocycles. The van der Waals surface area contributed by atoms with Crippen LogP contribution in [0.25, 0.3) is 0 Å². The maximum atomic E-state index is 13.0. The summed E-state index contributed by atoms with van der Waals surface area (Å²) in [5.41, 5.74) is 4.16. The molecule has 3 aromatic rings. The predicted octanol–water partition coefficient (Wildman–Crippen LogP) is 3.36. The highest BCUT2D eigenvalue weighted by atomic mass is 16.2. The van der Waals surface area contributed by atoms with Gasteiger partial charge in [0.2, 0.25) is 0 Å². The molecule has 5 nitrogen and oxygen atoms in total. The van der Waals surface area contributed by atoms with Crippen molar-refractivity contribution in [1.82, 2.24) is 9.97 Å². The molecule has 1 aliphatic heterocycles. The summed E-state index contributed by atoms with van der Waals surface area (Å²) in [7, 11) is 2.00. The summed E-state index contributed by atoms with van der Waals surface area (Å²) < 4.78 is 0. The smallest absolute Gasteiger partial charge is 0.258 e. The maximum Gasteiger partial charge on any atom is 0.258 e. The first-order valence-electron chi connectivity index (χ1n) is 9.18. The zero-order valence-corrected chi connectivity index (χ0v) is 15.4. The number of para-hydroxylation sites is 1. The molecule has 0 spiro atoms. The van der Waals surface area contributed by atoms with Crippen molar-refractivity contribution in [1.29, 1.82) is 0 Å². The van der Waals surface area contributed by atoms with E-state index in [-0.39, 0.29) is 5.91 Å². The zero-order chi connectivity index (χ0) is 18.6. The van der Waals surface area contributed by atoms with Crippen LogP contribution in [0.1, 0.15) is 21.5 Å². The van der Waals surface area contributed by atoms with Crippen LogP contribution in [0.4, 0.5) is 11.5 Å². The minimum absolute atomic E-state index is 0.0335. The number of aromatic nitrogens is 2. The van der Waals surface area contributed by atoms with Gasteiger partial charge in [-0.05, 0) is 54.3 Å². The first-order valence-corrected chi connectivity index (χ1v) is 9.18. The quantitative estimate of drug-likeness (QED) is 0.702. The fraction of sp³-hybridized carbons (Fsp3) is 0.227. The van der Waals surface area contributed by atoms with Crippen molar-refractivity contribution in [2.75, 3.05) is 29.9 Å². The second kappa shape index (κ2) is 7.58. The van der Waals surface area contributed by atoms with Crippen molar-refractivity contribution in [3.8, 4) is 0 Å². The zero-order valence-electron chi connectivity index (χ0n) is 15.4. The van der Waals surface area contributed by atoms with E-state index in [1.54, 1.807) is 24.7 Å². The van der Waals surface area contributed by atoms with Gasteiger partial charge in [-0.2, -0.15) is 0 Å². The fourth-order valence-electron chi connectivity index (χ4n) is 3.43. The number of rotatable bonds is 5. The summed E-state index contributed by atoms with van der Waals surface area (Å²) >= 11 is 0. The molecule has 1 amide bonds. The van der Waals surface area contributed by atoms with Crippen LogP contribution in [0.5, 0.6) is 0 Å². The summed E-state index contributed by atoms with van der Waals surface area (Å²) in [4.78, 5) is 25.5. The van der Waals surface area contributed by atoms with Crippen LogP contribution in [0.2, 0.25) is 0 Å². The Labute approximate surface area is 159 Å². The third-order valence-electron chi connectivity index (χ3n) is 5.00. The van der Waals surface area contributed by atoms with Gasteiger partial charge in [-0.25, -0.2) is 4.98 Å². The Kier molecular flexibility index (Phi) is 4.83. The second-order valence-corrected chi connectivity index (χ2v) is 6.77. The molecule has 0 radical (unpaired) electrons. The topological polar surface area (TPSA) is 49.3 Å². The maximum absolute atomic E-state index is 13.0. The van der Waals surface area contributed by atoms with E-state index in [0.717, 1.165) is 37.4 Å². The van der Waals surface area contributed by atoms with Gasteiger partial charge in [-0.3, -0.25) is 9.78 Å². The van der Waals surface area contributed by atoms with Gasteiger partial charge in [0.15, 0.2) is 0 Å². The lowest BCUT2D eigenvalue weighted by Crippen LogP contribution is -2.29. The third-order valence-corrected chi connectivity index (χ3v) is 5.00. The van der Waals surface area contributed by atoms with Crippen molar-refractivity contribution < 1.29 is 4.79 Å². The molecule has 0 atom stereocenters. The fourth-order valence-corrected chi connectivity index (χ4v) is 3.43. The van der Waals surface area contributed by atoms with Gasteiger partial charge < -0.3 is 9.80 Å². The molecule has 0 saturated carbocycles. The van der Waals surface area contributed by atoms with E-state index in [2.05, 4.69) is 20.9 Å². The van der Waals surface area contributed by atoms with E-state index in [1.807, 2.05) is 48.3 Å². The van der Waals surface area contributed by atoms with Gasteiger partial charge >= 0.3 is 0 Å². The van der Waals surface area contributed by atoms with Crippen LogP contribution in [-0.2, 0) is 12.8 Å². The molecule has 1 aliphatic rings. The Hall–Kier alpha value is -3.21. The van der Waals surface area contributed by atoms with Crippen molar-refractivity contribution in [2.24, 2.45) is 0 Å². The summed E-state index contributed by atoms with van der Waals surface area (Å²) in [5.74, 6) is 0.841. The molecule has 27 heavy (non-hydrogen) atoms. The number of hydrogen-bond donors (Lipinski definition) is 0. The predicted molar refractivity (Wildman–Crippen MR) is 107 cm³/mol. The largest absolute Gasteiger partial charge is 0.359 e. The van der Waals surface area contributed by atoms with Gasteiger partial charge in [0.25, 0.3) is 5.91 Å². The summed E-state index contributed by atoms with van der Waals surface area (Å²) in [5, 5.41) is 0. The first kappa shape index (κ1) is 17.2. The molecule has 0 fully saturated rings. The molecule has 2 aromatic heterocycles. The average molecular weight is 358 g/mol. The number of benzene rings is 1. The van der Waals surface area contributed by atoms with Crippen LogP contribution in [0.3, 0.4) is 0 Å². The molecule has 0 unspecified atom stereocenters. The number of nitrogens with zero attached hydrogens (tertiary/aromatic N) is 4. The molecule has 5 heteroatoms. The second-order valence-electron chi connectivity index (χ2n) is 6.77. The van der Waals surface area contributed by atoms with E-state index in [0.29, 0.717) is 5.56 Å². The monoisotopic (exact) mass is 358 g/mol. The number of fused-ring (bicyclic) bond motifs is 1. The number of carbonyl (C=O) groups is 1. The number of hydrogen-bond acceptors (Lipinski definition) is 4. The number of pyridine rings is 2. The molecule has 0 bridgehead atoms. The SMILES string of the molecule is CN(CCc1ccncc1)c1cc(C(=O)N2CCc3ccccc32)ccn1. The standard InChI is InChI=1S/C22H22N4O/c1-25(14-9-17-6-11-23-12-7-17)21-16-19(8-13-24-21)22(27)26-15-10-18-4-2-3-5-20(18)26/h2-8,11-13,16H,9-10,14-15H2,1H3. The minimum Gasteiger partial charge on any atom is -0.359 e. The Balaban J connectivity index is 1.48. The summed E-state index contributed by atoms with van der Waals surface area (Å²) in [6.45, 7) is 1.55. The van der Waals surface area contributed by atoms with Crippen LogP contribution in [-0.4, -0.2) is 36.0 Å². The van der Waals surface area contributed by atoms with Gasteiger partial charge in [0.05, 0.1) is 0 Å². The van der Waals surface area contributed by atoms with Gasteiger partial charge in [-0.15, -0.1) is 0 Å². The van der Waals surface area contributed by atoms with Gasteiger partial charge in [-0.1, -0.05) is 18.2 Å².